The summed E-state index contributed by atoms with van der Waals surface area (Å²) in [4.78, 5) is 25.8. The average molecular weight is 388 g/mol. The van der Waals surface area contributed by atoms with E-state index >= 15 is 0 Å². The van der Waals surface area contributed by atoms with E-state index in [2.05, 4.69) is 33.9 Å². The Morgan fingerprint density at radius 3 is 2.31 bits per heavy atom. The second-order valence-corrected chi connectivity index (χ2v) is 14.0. The summed E-state index contributed by atoms with van der Waals surface area (Å²) in [5.74, 6) is 0.569. The molecule has 0 radical (unpaired) electrons. The zero-order valence-electron chi connectivity index (χ0n) is 16.1. The third-order valence-corrected chi connectivity index (χ3v) is 10.9. The summed E-state index contributed by atoms with van der Waals surface area (Å²) >= 11 is 1.06. The van der Waals surface area contributed by atoms with Crippen LogP contribution in [0.5, 0.6) is 5.75 Å². The smallest absolute Gasteiger partial charge is 0.289 e. The number of fused-ring (bicyclic) bond motifs is 1. The Hall–Kier alpha value is -1.79. The molecule has 4 nitrogen and oxygen atoms in total. The molecule has 1 fully saturated rings. The highest BCUT2D eigenvalue weighted by Gasteiger charge is 2.43. The van der Waals surface area contributed by atoms with Gasteiger partial charge in [0.05, 0.1) is 0 Å². The molecule has 6 heteroatoms. The summed E-state index contributed by atoms with van der Waals surface area (Å²) in [5.41, 5.74) is 0.793. The fourth-order valence-corrected chi connectivity index (χ4v) is 4.75. The van der Waals surface area contributed by atoms with Crippen molar-refractivity contribution in [1.82, 2.24) is 4.90 Å². The van der Waals surface area contributed by atoms with E-state index in [0.717, 1.165) is 33.8 Å². The zero-order chi connectivity index (χ0) is 19.3. The number of likely N-dealkylation sites (N-methyl/N-ethyl adjacent to an activating group) is 1. The molecular formula is C20H25NO3SSi. The minimum Gasteiger partial charge on any atom is -0.543 e. The van der Waals surface area contributed by atoms with E-state index in [1.807, 2.05) is 36.4 Å². The second kappa shape index (κ2) is 6.42. The van der Waals surface area contributed by atoms with Gasteiger partial charge in [-0.1, -0.05) is 57.2 Å². The molecule has 1 atom stereocenters. The number of imide groups is 1. The van der Waals surface area contributed by atoms with Gasteiger partial charge >= 0.3 is 0 Å². The Morgan fingerprint density at radius 2 is 1.73 bits per heavy atom. The fourth-order valence-electron chi connectivity index (χ4n) is 2.68. The number of rotatable bonds is 3. The molecule has 1 unspecified atom stereocenters. The van der Waals surface area contributed by atoms with Gasteiger partial charge in [0.25, 0.3) is 13.6 Å². The molecule has 0 spiro atoms. The number of carbonyl (C=O) groups excluding carboxylic acids is 2. The van der Waals surface area contributed by atoms with Crippen LogP contribution in [0.25, 0.3) is 10.8 Å². The zero-order valence-corrected chi connectivity index (χ0v) is 17.9. The van der Waals surface area contributed by atoms with Crippen molar-refractivity contribution in [1.29, 1.82) is 0 Å². The van der Waals surface area contributed by atoms with Crippen molar-refractivity contribution in [3.8, 4) is 5.75 Å². The van der Waals surface area contributed by atoms with Crippen molar-refractivity contribution >= 4 is 42.0 Å². The third-order valence-electron chi connectivity index (χ3n) is 5.40. The van der Waals surface area contributed by atoms with Gasteiger partial charge in [0.1, 0.15) is 11.0 Å². The molecule has 1 aliphatic rings. The van der Waals surface area contributed by atoms with Crippen molar-refractivity contribution in [3.05, 3.63) is 42.0 Å². The number of amides is 2. The van der Waals surface area contributed by atoms with Gasteiger partial charge in [-0.2, -0.15) is 0 Å². The second-order valence-electron chi connectivity index (χ2n) is 8.23. The lowest BCUT2D eigenvalue weighted by molar-refractivity contribution is -0.125. The number of benzene rings is 2. The summed E-state index contributed by atoms with van der Waals surface area (Å²) in [6.07, 6.45) is 0. The largest absolute Gasteiger partial charge is 0.543 e. The Kier molecular flexibility index (Phi) is 4.69. The first kappa shape index (κ1) is 19.0. The lowest BCUT2D eigenvalue weighted by Gasteiger charge is -2.37. The molecule has 0 aromatic heterocycles. The van der Waals surface area contributed by atoms with Crippen LogP contribution >= 0.6 is 11.8 Å². The molecule has 0 saturated carbocycles. The molecule has 0 N–H and O–H groups in total. The highest BCUT2D eigenvalue weighted by molar-refractivity contribution is 8.15. The van der Waals surface area contributed by atoms with E-state index in [-0.39, 0.29) is 16.2 Å². The van der Waals surface area contributed by atoms with Gasteiger partial charge in [0.15, 0.2) is 0 Å². The van der Waals surface area contributed by atoms with Crippen LogP contribution in [0.15, 0.2) is 36.4 Å². The van der Waals surface area contributed by atoms with Crippen LogP contribution in [0.1, 0.15) is 31.6 Å². The van der Waals surface area contributed by atoms with Gasteiger partial charge in [-0.25, -0.2) is 0 Å². The quantitative estimate of drug-likeness (QED) is 0.644. The molecule has 138 valence electrons. The summed E-state index contributed by atoms with van der Waals surface area (Å²) in [5, 5.41) is 1.33. The van der Waals surface area contributed by atoms with E-state index in [9.17, 15) is 9.59 Å². The number of carbonyl (C=O) groups is 2. The number of nitrogens with zero attached hydrogens (tertiary/aromatic N) is 1. The molecular weight excluding hydrogens is 362 g/mol. The van der Waals surface area contributed by atoms with Crippen LogP contribution in [0, 0.1) is 0 Å². The van der Waals surface area contributed by atoms with Crippen LogP contribution in [-0.2, 0) is 4.79 Å². The Bertz CT molecular complexity index is 888. The Balaban J connectivity index is 2.18. The third kappa shape index (κ3) is 3.16. The Morgan fingerprint density at radius 1 is 1.08 bits per heavy atom. The van der Waals surface area contributed by atoms with Gasteiger partial charge in [-0.15, -0.1) is 0 Å². The molecule has 1 aliphatic heterocycles. The highest BCUT2D eigenvalue weighted by Crippen LogP contribution is 2.47. The van der Waals surface area contributed by atoms with Gasteiger partial charge in [0.2, 0.25) is 5.91 Å². The monoisotopic (exact) mass is 387 g/mol. The molecule has 1 heterocycles. The maximum atomic E-state index is 12.6. The SMILES string of the molecule is CN1C(=O)SC(c2ccc3ccccc3c2O[Si](C)(C)C(C)(C)C)C1=O. The summed E-state index contributed by atoms with van der Waals surface area (Å²) in [7, 11) is -0.586. The van der Waals surface area contributed by atoms with Crippen LogP contribution < -0.4 is 4.43 Å². The predicted molar refractivity (Wildman–Crippen MR) is 110 cm³/mol. The molecule has 2 aromatic carbocycles. The van der Waals surface area contributed by atoms with Crippen LogP contribution in [-0.4, -0.2) is 31.4 Å². The van der Waals surface area contributed by atoms with Crippen molar-refractivity contribution in [2.24, 2.45) is 0 Å². The van der Waals surface area contributed by atoms with Gasteiger partial charge in [-0.3, -0.25) is 14.5 Å². The topological polar surface area (TPSA) is 46.6 Å². The van der Waals surface area contributed by atoms with Gasteiger partial charge in [-0.05, 0) is 35.3 Å². The lowest BCUT2D eigenvalue weighted by atomic mass is 10.0. The number of thioether (sulfide) groups is 1. The van der Waals surface area contributed by atoms with E-state index in [0.29, 0.717) is 0 Å². The number of hydrogen-bond acceptors (Lipinski definition) is 4. The standard InChI is InChI=1S/C20H25NO3SSi/c1-20(2,3)26(5,6)24-16-14-10-8-7-9-13(14)11-12-15(16)17-18(22)21(4)19(23)25-17/h7-12,17H,1-6H3. The molecule has 0 aliphatic carbocycles. The normalized spacial score (nSPS) is 18.7. The molecule has 0 bridgehead atoms. The van der Waals surface area contributed by atoms with Crippen molar-refractivity contribution in [2.45, 2.75) is 44.2 Å². The first-order valence-electron chi connectivity index (χ1n) is 8.72. The van der Waals surface area contributed by atoms with E-state index in [1.54, 1.807) is 0 Å². The molecule has 1 saturated heterocycles. The van der Waals surface area contributed by atoms with Crippen LogP contribution in [0.2, 0.25) is 18.1 Å². The fraction of sp³-hybridized carbons (Fsp3) is 0.400. The molecule has 3 rings (SSSR count). The maximum Gasteiger partial charge on any atom is 0.289 e. The van der Waals surface area contributed by atoms with Crippen LogP contribution in [0.3, 0.4) is 0 Å². The Labute approximate surface area is 160 Å². The summed E-state index contributed by atoms with van der Waals surface area (Å²) < 4.78 is 6.69. The van der Waals surface area contributed by atoms with E-state index < -0.39 is 13.6 Å². The number of hydrogen-bond donors (Lipinski definition) is 0. The molecule has 26 heavy (non-hydrogen) atoms. The first-order valence-corrected chi connectivity index (χ1v) is 12.5. The minimum atomic E-state index is -2.12. The van der Waals surface area contributed by atoms with Gasteiger partial charge in [0, 0.05) is 18.0 Å². The predicted octanol–water partition coefficient (Wildman–Crippen LogP) is 5.59. The van der Waals surface area contributed by atoms with E-state index in [4.69, 9.17) is 4.43 Å². The average Bonchev–Trinajstić information content (AvgIpc) is 2.81. The lowest BCUT2D eigenvalue weighted by Crippen LogP contribution is -2.44. The first-order chi connectivity index (χ1) is 12.0. The van der Waals surface area contributed by atoms with Crippen molar-refractivity contribution in [2.75, 3.05) is 7.05 Å². The summed E-state index contributed by atoms with van der Waals surface area (Å²) in [6, 6.07) is 12.0. The maximum absolute atomic E-state index is 12.6. The highest BCUT2D eigenvalue weighted by atomic mass is 32.2. The van der Waals surface area contributed by atoms with E-state index in [1.165, 1.54) is 11.9 Å². The van der Waals surface area contributed by atoms with Crippen molar-refractivity contribution < 1.29 is 14.0 Å². The van der Waals surface area contributed by atoms with Crippen molar-refractivity contribution in [3.63, 3.8) is 0 Å². The van der Waals surface area contributed by atoms with Crippen LogP contribution in [0.4, 0.5) is 4.79 Å². The minimum absolute atomic E-state index is 0.0284. The molecule has 2 aromatic rings. The van der Waals surface area contributed by atoms with Gasteiger partial charge < -0.3 is 4.43 Å². The molecule has 2 amide bonds. The summed E-state index contributed by atoms with van der Waals surface area (Å²) in [6.45, 7) is 11.0.